The van der Waals surface area contributed by atoms with Gasteiger partial charge in [-0.3, -0.25) is 19.0 Å². The Hall–Kier alpha value is -4.00. The highest BCUT2D eigenvalue weighted by Crippen LogP contribution is 2.34. The van der Waals surface area contributed by atoms with Crippen molar-refractivity contribution < 1.29 is 14.7 Å². The predicted octanol–water partition coefficient (Wildman–Crippen LogP) is 7.89. The first-order valence-electron chi connectivity index (χ1n) is 16.6. The lowest BCUT2D eigenvalue weighted by Gasteiger charge is -2.23. The SMILES string of the molecule is CCCCC(CC)Cn1c(O)c(/N=N/c2cc(C(=O)N(CC)CCCC)ccc2C(=O)N(CC)CCCC)c(C)c(C#N)c1=O. The maximum atomic E-state index is 13.7. The van der Waals surface area contributed by atoms with Crippen LogP contribution >= 0.6 is 0 Å². The zero-order valence-corrected chi connectivity index (χ0v) is 28.4. The highest BCUT2D eigenvalue weighted by molar-refractivity contribution is 6.02. The van der Waals surface area contributed by atoms with Crippen LogP contribution in [-0.4, -0.2) is 57.5 Å². The molecule has 0 saturated carbocycles. The Balaban J connectivity index is 2.73. The van der Waals surface area contributed by atoms with Gasteiger partial charge >= 0.3 is 0 Å². The molecule has 0 aliphatic heterocycles. The van der Waals surface area contributed by atoms with Crippen LogP contribution in [0.15, 0.2) is 33.2 Å². The van der Waals surface area contributed by atoms with Crippen molar-refractivity contribution in [1.29, 1.82) is 5.26 Å². The first-order valence-corrected chi connectivity index (χ1v) is 16.6. The largest absolute Gasteiger partial charge is 0.493 e. The van der Waals surface area contributed by atoms with Gasteiger partial charge in [-0.05, 0) is 64.2 Å². The van der Waals surface area contributed by atoms with Crippen LogP contribution in [0.2, 0.25) is 0 Å². The Bertz CT molecular complexity index is 1420. The van der Waals surface area contributed by atoms with Gasteiger partial charge in [0, 0.05) is 43.9 Å². The number of benzene rings is 1. The lowest BCUT2D eigenvalue weighted by Crippen LogP contribution is -2.33. The summed E-state index contributed by atoms with van der Waals surface area (Å²) in [7, 11) is 0. The molecule has 45 heavy (non-hydrogen) atoms. The number of nitrogens with zero attached hydrogens (tertiary/aromatic N) is 6. The highest BCUT2D eigenvalue weighted by Gasteiger charge is 2.24. The number of amides is 2. The minimum Gasteiger partial charge on any atom is -0.493 e. The molecular formula is C35H52N6O4. The molecule has 2 amide bonds. The van der Waals surface area contributed by atoms with E-state index in [1.807, 2.05) is 26.8 Å². The fraction of sp³-hybridized carbons (Fsp3) is 0.600. The summed E-state index contributed by atoms with van der Waals surface area (Å²) >= 11 is 0. The van der Waals surface area contributed by atoms with E-state index in [4.69, 9.17) is 0 Å². The summed E-state index contributed by atoms with van der Waals surface area (Å²) in [6.45, 7) is 16.2. The topological polar surface area (TPSA) is 131 Å². The van der Waals surface area contributed by atoms with E-state index in [0.717, 1.165) is 51.4 Å². The summed E-state index contributed by atoms with van der Waals surface area (Å²) in [4.78, 5) is 43.9. The quantitative estimate of drug-likeness (QED) is 0.169. The van der Waals surface area contributed by atoms with Gasteiger partial charge in [0.2, 0.25) is 5.88 Å². The van der Waals surface area contributed by atoms with Crippen LogP contribution in [0.3, 0.4) is 0 Å². The molecule has 1 heterocycles. The maximum absolute atomic E-state index is 13.7. The molecule has 1 N–H and O–H groups in total. The Morgan fingerprint density at radius 1 is 0.933 bits per heavy atom. The molecule has 1 aromatic heterocycles. The van der Waals surface area contributed by atoms with Crippen molar-refractivity contribution in [2.45, 2.75) is 106 Å². The van der Waals surface area contributed by atoms with Gasteiger partial charge < -0.3 is 14.9 Å². The molecule has 0 aliphatic rings. The second kappa shape index (κ2) is 18.7. The fourth-order valence-electron chi connectivity index (χ4n) is 5.29. The molecule has 1 unspecified atom stereocenters. The Morgan fingerprint density at radius 3 is 2.07 bits per heavy atom. The van der Waals surface area contributed by atoms with Crippen molar-refractivity contribution in [2.24, 2.45) is 16.1 Å². The Morgan fingerprint density at radius 2 is 1.53 bits per heavy atom. The second-order valence-corrected chi connectivity index (χ2v) is 11.5. The van der Waals surface area contributed by atoms with Crippen molar-refractivity contribution in [3.8, 4) is 11.9 Å². The zero-order valence-electron chi connectivity index (χ0n) is 28.4. The van der Waals surface area contributed by atoms with Crippen LogP contribution in [0.25, 0.3) is 0 Å². The number of carbonyl (C=O) groups excluding carboxylic acids is 2. The number of aromatic hydroxyl groups is 1. The first-order chi connectivity index (χ1) is 21.6. The Labute approximate surface area is 268 Å². The molecule has 0 fully saturated rings. The van der Waals surface area contributed by atoms with E-state index < -0.39 is 5.56 Å². The van der Waals surface area contributed by atoms with E-state index in [2.05, 4.69) is 31.0 Å². The molecule has 1 aromatic carbocycles. The molecule has 2 aromatic rings. The number of nitriles is 1. The molecule has 246 valence electrons. The van der Waals surface area contributed by atoms with Gasteiger partial charge in [0.15, 0.2) is 5.69 Å². The Kier molecular flexibility index (Phi) is 15.5. The number of unbranched alkanes of at least 4 members (excludes halogenated alkanes) is 3. The number of rotatable bonds is 18. The van der Waals surface area contributed by atoms with Crippen LogP contribution < -0.4 is 5.56 Å². The van der Waals surface area contributed by atoms with Crippen molar-refractivity contribution in [2.75, 3.05) is 26.2 Å². The molecule has 0 bridgehead atoms. The third kappa shape index (κ3) is 9.49. The fourth-order valence-corrected chi connectivity index (χ4v) is 5.29. The van der Waals surface area contributed by atoms with Gasteiger partial charge in [-0.1, -0.05) is 59.8 Å². The van der Waals surface area contributed by atoms with Crippen molar-refractivity contribution >= 4 is 23.2 Å². The summed E-state index contributed by atoms with van der Waals surface area (Å²) in [5.41, 5.74) is 0.350. The normalized spacial score (nSPS) is 11.9. The summed E-state index contributed by atoms with van der Waals surface area (Å²) < 4.78 is 1.21. The summed E-state index contributed by atoms with van der Waals surface area (Å²) in [6, 6.07) is 6.80. The second-order valence-electron chi connectivity index (χ2n) is 11.5. The zero-order chi connectivity index (χ0) is 33.5. The molecular weight excluding hydrogens is 568 g/mol. The lowest BCUT2D eigenvalue weighted by molar-refractivity contribution is 0.0750. The number of hydrogen-bond donors (Lipinski definition) is 1. The monoisotopic (exact) mass is 620 g/mol. The van der Waals surface area contributed by atoms with Crippen LogP contribution in [0.5, 0.6) is 5.88 Å². The molecule has 2 rings (SSSR count). The van der Waals surface area contributed by atoms with Crippen LogP contribution in [0, 0.1) is 24.2 Å². The van der Waals surface area contributed by atoms with E-state index in [0.29, 0.717) is 31.7 Å². The minimum absolute atomic E-state index is 0.0110. The average Bonchev–Trinajstić information content (AvgIpc) is 3.05. The summed E-state index contributed by atoms with van der Waals surface area (Å²) in [5, 5.41) is 30.0. The van der Waals surface area contributed by atoms with Crippen LogP contribution in [0.1, 0.15) is 125 Å². The minimum atomic E-state index is -0.564. The molecule has 0 spiro atoms. The van der Waals surface area contributed by atoms with Gasteiger partial charge in [0.05, 0.1) is 11.3 Å². The van der Waals surface area contributed by atoms with Crippen LogP contribution in [-0.2, 0) is 6.54 Å². The third-order valence-corrected chi connectivity index (χ3v) is 8.39. The van der Waals surface area contributed by atoms with E-state index in [1.165, 1.54) is 4.57 Å². The van der Waals surface area contributed by atoms with Crippen molar-refractivity contribution in [3.05, 3.63) is 50.8 Å². The number of pyridine rings is 1. The molecule has 10 heteroatoms. The number of carbonyl (C=O) groups is 2. The van der Waals surface area contributed by atoms with Gasteiger partial charge in [-0.15, -0.1) is 10.2 Å². The maximum Gasteiger partial charge on any atom is 0.271 e. The average molecular weight is 621 g/mol. The lowest BCUT2D eigenvalue weighted by atomic mass is 9.99. The van der Waals surface area contributed by atoms with E-state index in [-0.39, 0.29) is 58.2 Å². The molecule has 0 saturated heterocycles. The third-order valence-electron chi connectivity index (χ3n) is 8.39. The highest BCUT2D eigenvalue weighted by atomic mass is 16.3. The molecule has 0 radical (unpaired) electrons. The van der Waals surface area contributed by atoms with E-state index >= 15 is 0 Å². The van der Waals surface area contributed by atoms with E-state index in [1.54, 1.807) is 34.9 Å². The van der Waals surface area contributed by atoms with Crippen molar-refractivity contribution in [3.63, 3.8) is 0 Å². The number of hydrogen-bond acceptors (Lipinski definition) is 7. The summed E-state index contributed by atoms with van der Waals surface area (Å²) in [5.74, 6) is -0.638. The standard InChI is InChI=1S/C35H52N6O4/c1-8-14-17-26(11-4)24-41-34(44)29(23-36)25(7)31(35(41)45)38-37-30-22-27(32(42)39(12-5)20-15-9-2)18-19-28(30)33(43)40(13-6)21-16-10-3/h18-19,22,26,45H,8-17,20-21,24H2,1-7H3/b38-37+. The van der Waals surface area contributed by atoms with Gasteiger partial charge in [-0.2, -0.15) is 5.26 Å². The molecule has 0 aliphatic carbocycles. The first kappa shape index (κ1) is 37.2. The number of aromatic nitrogens is 1. The number of azo groups is 1. The van der Waals surface area contributed by atoms with E-state index in [9.17, 15) is 24.8 Å². The molecule has 10 nitrogen and oxygen atoms in total. The predicted molar refractivity (Wildman–Crippen MR) is 179 cm³/mol. The van der Waals surface area contributed by atoms with Gasteiger partial charge in [-0.25, -0.2) is 0 Å². The van der Waals surface area contributed by atoms with Gasteiger partial charge in [0.1, 0.15) is 11.6 Å². The summed E-state index contributed by atoms with van der Waals surface area (Å²) in [6.07, 6.45) is 7.30. The smallest absolute Gasteiger partial charge is 0.271 e. The van der Waals surface area contributed by atoms with Crippen LogP contribution in [0.4, 0.5) is 11.4 Å². The van der Waals surface area contributed by atoms with Crippen molar-refractivity contribution in [1.82, 2.24) is 14.4 Å². The molecule has 1 atom stereocenters. The van der Waals surface area contributed by atoms with Gasteiger partial charge in [0.25, 0.3) is 17.4 Å².